The van der Waals surface area contributed by atoms with Gasteiger partial charge in [0.25, 0.3) is 5.91 Å². The first kappa shape index (κ1) is 26.8. The van der Waals surface area contributed by atoms with Gasteiger partial charge in [0.2, 0.25) is 5.95 Å². The predicted molar refractivity (Wildman–Crippen MR) is 148 cm³/mol. The van der Waals surface area contributed by atoms with Gasteiger partial charge in [0.15, 0.2) is 0 Å². The van der Waals surface area contributed by atoms with Crippen LogP contribution < -0.4 is 15.5 Å². The molecule has 0 radical (unpaired) electrons. The largest absolute Gasteiger partial charge is 0.390 e. The smallest absolute Gasteiger partial charge is 0.270 e. The Hall–Kier alpha value is -2.79. The standard InChI is InChI=1S/C28H41N7O3/c1-28(2,3)35-12-10-34(11-13-35)27-31-24(14-25(32-27)30-22-18-38-19-22)26(37)29-15-23(36)17-33-9-8-20-6-4-5-7-21(20)16-33/h4-7,14,22-23,36H,8-13,15-19H2,1-3H3,(H,29,37)(H,30,31,32). The predicted octanol–water partition coefficient (Wildman–Crippen LogP) is 1.36. The van der Waals surface area contributed by atoms with E-state index in [-0.39, 0.29) is 24.0 Å². The van der Waals surface area contributed by atoms with Crippen LogP contribution in [0.2, 0.25) is 0 Å². The van der Waals surface area contributed by atoms with Gasteiger partial charge < -0.3 is 25.4 Å². The Morgan fingerprint density at radius 1 is 1.11 bits per heavy atom. The summed E-state index contributed by atoms with van der Waals surface area (Å²) in [4.78, 5) is 29.3. The van der Waals surface area contributed by atoms with Gasteiger partial charge in [0.1, 0.15) is 11.5 Å². The van der Waals surface area contributed by atoms with E-state index in [4.69, 9.17) is 9.72 Å². The zero-order chi connectivity index (χ0) is 26.7. The molecule has 1 unspecified atom stereocenters. The highest BCUT2D eigenvalue weighted by atomic mass is 16.5. The second-order valence-electron chi connectivity index (χ2n) is 11.6. The number of aliphatic hydroxyl groups is 1. The summed E-state index contributed by atoms with van der Waals surface area (Å²) in [5.41, 5.74) is 3.10. The number of amides is 1. The van der Waals surface area contributed by atoms with Gasteiger partial charge in [-0.1, -0.05) is 24.3 Å². The van der Waals surface area contributed by atoms with Crippen molar-refractivity contribution in [1.29, 1.82) is 0 Å². The van der Waals surface area contributed by atoms with Crippen LogP contribution in [0.15, 0.2) is 30.3 Å². The van der Waals surface area contributed by atoms with Crippen LogP contribution in [0.1, 0.15) is 42.4 Å². The maximum absolute atomic E-state index is 13.1. The molecular formula is C28H41N7O3. The van der Waals surface area contributed by atoms with Crippen LogP contribution in [0.4, 0.5) is 11.8 Å². The van der Waals surface area contributed by atoms with E-state index in [9.17, 15) is 9.90 Å². The van der Waals surface area contributed by atoms with Crippen molar-refractivity contribution in [2.45, 2.75) is 51.4 Å². The highest BCUT2D eigenvalue weighted by Crippen LogP contribution is 2.22. The van der Waals surface area contributed by atoms with E-state index >= 15 is 0 Å². The number of benzene rings is 1. The zero-order valence-electron chi connectivity index (χ0n) is 22.8. The average Bonchev–Trinajstić information content (AvgIpc) is 2.89. The fraction of sp³-hybridized carbons (Fsp3) is 0.607. The summed E-state index contributed by atoms with van der Waals surface area (Å²) in [6, 6.07) is 10.3. The molecule has 38 heavy (non-hydrogen) atoms. The van der Waals surface area contributed by atoms with Crippen molar-refractivity contribution < 1.29 is 14.6 Å². The molecule has 1 aromatic heterocycles. The number of anilines is 2. The highest BCUT2D eigenvalue weighted by molar-refractivity contribution is 5.93. The number of β-amino-alcohol motifs (C(OH)–C–C–N with tert-alkyl or cyclic N) is 1. The molecule has 0 bridgehead atoms. The molecule has 10 nitrogen and oxygen atoms in total. The lowest BCUT2D eigenvalue weighted by molar-refractivity contribution is 0.0209. The van der Waals surface area contributed by atoms with E-state index in [0.717, 1.165) is 45.7 Å². The number of fused-ring (bicyclic) bond motifs is 1. The van der Waals surface area contributed by atoms with Gasteiger partial charge in [0.05, 0.1) is 25.4 Å². The number of aromatic nitrogens is 2. The molecule has 10 heteroatoms. The molecule has 3 N–H and O–H groups in total. The quantitative estimate of drug-likeness (QED) is 0.473. The third-order valence-corrected chi connectivity index (χ3v) is 7.63. The summed E-state index contributed by atoms with van der Waals surface area (Å²) in [5.74, 6) is 0.874. The number of nitrogens with one attached hydrogen (secondary N) is 2. The second-order valence-corrected chi connectivity index (χ2v) is 11.6. The number of hydrogen-bond acceptors (Lipinski definition) is 9. The lowest BCUT2D eigenvalue weighted by atomic mass is 10.00. The summed E-state index contributed by atoms with van der Waals surface area (Å²) >= 11 is 0. The number of piperazine rings is 1. The Labute approximate surface area is 225 Å². The molecule has 3 aliphatic heterocycles. The van der Waals surface area contributed by atoms with Gasteiger partial charge in [-0.15, -0.1) is 0 Å². The SMILES string of the molecule is CC(C)(C)N1CCN(c2nc(NC3COC3)cc(C(=O)NCC(O)CN3CCc4ccccc4C3)n2)CC1. The van der Waals surface area contributed by atoms with Crippen LogP contribution in [-0.2, 0) is 17.7 Å². The van der Waals surface area contributed by atoms with Crippen LogP contribution in [0.25, 0.3) is 0 Å². The van der Waals surface area contributed by atoms with Crippen molar-refractivity contribution in [2.75, 3.05) is 69.2 Å². The van der Waals surface area contributed by atoms with E-state index in [1.165, 1.54) is 11.1 Å². The Morgan fingerprint density at radius 2 is 1.84 bits per heavy atom. The molecule has 1 atom stereocenters. The molecule has 0 saturated carbocycles. The van der Waals surface area contributed by atoms with Crippen molar-refractivity contribution in [2.24, 2.45) is 0 Å². The van der Waals surface area contributed by atoms with Crippen molar-refractivity contribution in [3.05, 3.63) is 47.2 Å². The fourth-order valence-electron chi connectivity index (χ4n) is 5.25. The van der Waals surface area contributed by atoms with Crippen LogP contribution in [0, 0.1) is 0 Å². The van der Waals surface area contributed by atoms with Gasteiger partial charge in [0, 0.05) is 64.0 Å². The number of hydrogen-bond donors (Lipinski definition) is 3. The van der Waals surface area contributed by atoms with Crippen molar-refractivity contribution in [3.63, 3.8) is 0 Å². The lowest BCUT2D eigenvalue weighted by Crippen LogP contribution is -2.53. The summed E-state index contributed by atoms with van der Waals surface area (Å²) in [6.07, 6.45) is 0.311. The van der Waals surface area contributed by atoms with Crippen molar-refractivity contribution >= 4 is 17.7 Å². The Bertz CT molecular complexity index is 1110. The molecule has 2 fully saturated rings. The molecule has 4 heterocycles. The number of nitrogens with zero attached hydrogens (tertiary/aromatic N) is 5. The zero-order valence-corrected chi connectivity index (χ0v) is 22.8. The summed E-state index contributed by atoms with van der Waals surface area (Å²) in [7, 11) is 0. The first-order valence-electron chi connectivity index (χ1n) is 13.7. The molecule has 3 aliphatic rings. The monoisotopic (exact) mass is 523 g/mol. The number of carbonyl (C=O) groups excluding carboxylic acids is 1. The normalized spacial score (nSPS) is 19.9. The Balaban J connectivity index is 1.20. The van der Waals surface area contributed by atoms with Crippen LogP contribution in [0.5, 0.6) is 0 Å². The van der Waals surface area contributed by atoms with Crippen molar-refractivity contribution in [3.8, 4) is 0 Å². The van der Waals surface area contributed by atoms with Gasteiger partial charge in [-0.25, -0.2) is 4.98 Å². The minimum Gasteiger partial charge on any atom is -0.390 e. The molecule has 1 amide bonds. The van der Waals surface area contributed by atoms with Crippen molar-refractivity contribution in [1.82, 2.24) is 25.1 Å². The van der Waals surface area contributed by atoms with Crippen LogP contribution in [0.3, 0.4) is 0 Å². The average molecular weight is 524 g/mol. The minimum absolute atomic E-state index is 0.115. The van der Waals surface area contributed by atoms with E-state index in [1.807, 2.05) is 0 Å². The van der Waals surface area contributed by atoms with E-state index in [1.54, 1.807) is 6.07 Å². The molecule has 0 aliphatic carbocycles. The lowest BCUT2D eigenvalue weighted by Gasteiger charge is -2.42. The van der Waals surface area contributed by atoms with Gasteiger partial charge in [-0.2, -0.15) is 4.98 Å². The third-order valence-electron chi connectivity index (χ3n) is 7.63. The maximum atomic E-state index is 13.1. The molecule has 2 aromatic rings. The first-order chi connectivity index (χ1) is 18.2. The summed E-state index contributed by atoms with van der Waals surface area (Å²) < 4.78 is 5.29. The molecule has 2 saturated heterocycles. The molecule has 0 spiro atoms. The Morgan fingerprint density at radius 3 is 2.53 bits per heavy atom. The van der Waals surface area contributed by atoms with Crippen LogP contribution in [-0.4, -0.2) is 107 Å². The fourth-order valence-corrected chi connectivity index (χ4v) is 5.25. The van der Waals surface area contributed by atoms with E-state index in [0.29, 0.717) is 37.2 Å². The number of aliphatic hydroxyl groups excluding tert-OH is 1. The maximum Gasteiger partial charge on any atom is 0.270 e. The highest BCUT2D eigenvalue weighted by Gasteiger charge is 2.28. The first-order valence-corrected chi connectivity index (χ1v) is 13.7. The second kappa shape index (κ2) is 11.5. The number of carbonyl (C=O) groups is 1. The summed E-state index contributed by atoms with van der Waals surface area (Å²) in [5, 5.41) is 16.9. The summed E-state index contributed by atoms with van der Waals surface area (Å²) in [6.45, 7) is 13.7. The van der Waals surface area contributed by atoms with Gasteiger partial charge >= 0.3 is 0 Å². The van der Waals surface area contributed by atoms with E-state index in [2.05, 4.69) is 75.4 Å². The molecular weight excluding hydrogens is 482 g/mol. The molecule has 5 rings (SSSR count). The topological polar surface area (TPSA) is 106 Å². The van der Waals surface area contributed by atoms with Crippen LogP contribution >= 0.6 is 0 Å². The molecule has 1 aromatic carbocycles. The van der Waals surface area contributed by atoms with E-state index < -0.39 is 6.10 Å². The Kier molecular flexibility index (Phi) is 8.13. The minimum atomic E-state index is -0.666. The third kappa shape index (κ3) is 6.61. The van der Waals surface area contributed by atoms with Gasteiger partial charge in [-0.05, 0) is 38.3 Å². The van der Waals surface area contributed by atoms with Gasteiger partial charge in [-0.3, -0.25) is 14.6 Å². The number of ether oxygens (including phenoxy) is 1. The molecule has 206 valence electrons. The number of rotatable bonds is 8.